The number of imidazole rings is 1. The van der Waals surface area contributed by atoms with Gasteiger partial charge in [-0.25, -0.2) is 18.7 Å². The lowest BCUT2D eigenvalue weighted by molar-refractivity contribution is 0.381. The summed E-state index contributed by atoms with van der Waals surface area (Å²) >= 11 is 0. The Kier molecular flexibility index (Phi) is 3.40. The van der Waals surface area contributed by atoms with Gasteiger partial charge in [0.15, 0.2) is 11.6 Å². The highest BCUT2D eigenvalue weighted by Gasteiger charge is 2.18. The molecule has 1 atom stereocenters. The summed E-state index contributed by atoms with van der Waals surface area (Å²) in [6, 6.07) is 2.13. The van der Waals surface area contributed by atoms with Gasteiger partial charge in [0.2, 0.25) is 0 Å². The quantitative estimate of drug-likeness (QED) is 0.807. The molecule has 3 aromatic rings. The minimum atomic E-state index is -0.913. The number of nitrogens with zero attached hydrogens (tertiary/aromatic N) is 4. The van der Waals surface area contributed by atoms with Gasteiger partial charge in [-0.05, 0) is 12.3 Å². The second-order valence-corrected chi connectivity index (χ2v) is 5.79. The maximum Gasteiger partial charge on any atom is 0.161 e. The number of fused-ring (bicyclic) bond motifs is 2. The Balaban J connectivity index is 1.47. The molecule has 0 saturated carbocycles. The molecule has 0 unspecified atom stereocenters. The monoisotopic (exact) mass is 315 g/mol. The third kappa shape index (κ3) is 2.74. The number of aromatic nitrogens is 4. The third-order valence-electron chi connectivity index (χ3n) is 4.19. The molecule has 0 spiro atoms. The van der Waals surface area contributed by atoms with Crippen LogP contribution >= 0.6 is 0 Å². The number of aryl methyl sites for hydroxylation is 1. The van der Waals surface area contributed by atoms with E-state index in [0.717, 1.165) is 43.9 Å². The van der Waals surface area contributed by atoms with Crippen molar-refractivity contribution in [2.45, 2.75) is 19.4 Å². The zero-order valence-electron chi connectivity index (χ0n) is 12.3. The number of anilines is 1. The van der Waals surface area contributed by atoms with Crippen molar-refractivity contribution in [2.24, 2.45) is 5.92 Å². The summed E-state index contributed by atoms with van der Waals surface area (Å²) in [6.07, 6.45) is 7.39. The van der Waals surface area contributed by atoms with Gasteiger partial charge in [-0.1, -0.05) is 0 Å². The van der Waals surface area contributed by atoms with Gasteiger partial charge in [-0.2, -0.15) is 0 Å². The van der Waals surface area contributed by atoms with Gasteiger partial charge in [-0.15, -0.1) is 0 Å². The molecule has 4 rings (SSSR count). The van der Waals surface area contributed by atoms with Crippen molar-refractivity contribution < 1.29 is 8.78 Å². The third-order valence-corrected chi connectivity index (χ3v) is 4.19. The molecule has 1 aromatic carbocycles. The Bertz CT molecular complexity index is 861. The van der Waals surface area contributed by atoms with Crippen LogP contribution in [0.1, 0.15) is 12.2 Å². The lowest BCUT2D eigenvalue weighted by Gasteiger charge is -2.24. The summed E-state index contributed by atoms with van der Waals surface area (Å²) in [5.41, 5.74) is 0.685. The average Bonchev–Trinajstić information content (AvgIpc) is 3.01. The Hall–Kier alpha value is -2.57. The smallest absolute Gasteiger partial charge is 0.161 e. The number of hydrogen-bond acceptors (Lipinski definition) is 4. The van der Waals surface area contributed by atoms with Crippen molar-refractivity contribution in [3.8, 4) is 0 Å². The predicted octanol–water partition coefficient (Wildman–Crippen LogP) is 2.78. The molecule has 1 aliphatic heterocycles. The first-order chi connectivity index (χ1) is 11.2. The van der Waals surface area contributed by atoms with E-state index >= 15 is 0 Å². The molecular weight excluding hydrogens is 300 g/mol. The molecule has 0 radical (unpaired) electrons. The van der Waals surface area contributed by atoms with Crippen LogP contribution in [0, 0.1) is 17.6 Å². The van der Waals surface area contributed by atoms with Crippen LogP contribution in [0.4, 0.5) is 14.6 Å². The Morgan fingerprint density at radius 2 is 2.00 bits per heavy atom. The summed E-state index contributed by atoms with van der Waals surface area (Å²) in [6.45, 7) is 1.67. The molecule has 3 heterocycles. The van der Waals surface area contributed by atoms with Crippen LogP contribution in [0.25, 0.3) is 11.0 Å². The summed E-state index contributed by atoms with van der Waals surface area (Å²) in [5, 5.41) is 3.24. The standard InChI is InChI=1S/C16H15F2N5/c17-11-5-13-14(6-12(11)18)22-15(8-20-13)21-7-10-1-2-16-19-3-4-23(16)9-10/h3-6,8,10H,1-2,7,9H2,(H,21,22)/t10-/m1/s1. The maximum absolute atomic E-state index is 13.3. The van der Waals surface area contributed by atoms with Crippen molar-refractivity contribution in [3.05, 3.63) is 48.2 Å². The van der Waals surface area contributed by atoms with Gasteiger partial charge in [0.05, 0.1) is 17.2 Å². The normalized spacial score (nSPS) is 17.2. The molecule has 23 heavy (non-hydrogen) atoms. The van der Waals surface area contributed by atoms with E-state index in [4.69, 9.17) is 0 Å². The zero-order chi connectivity index (χ0) is 15.8. The van der Waals surface area contributed by atoms with Crippen molar-refractivity contribution >= 4 is 16.9 Å². The van der Waals surface area contributed by atoms with Gasteiger partial charge in [0, 0.05) is 44.0 Å². The van der Waals surface area contributed by atoms with Crippen molar-refractivity contribution in [1.82, 2.24) is 19.5 Å². The molecule has 0 aliphatic carbocycles. The average molecular weight is 315 g/mol. The minimum Gasteiger partial charge on any atom is -0.368 e. The van der Waals surface area contributed by atoms with Crippen LogP contribution in [0.5, 0.6) is 0 Å². The lowest BCUT2D eigenvalue weighted by atomic mass is 9.99. The van der Waals surface area contributed by atoms with E-state index in [-0.39, 0.29) is 0 Å². The Labute approximate surface area is 131 Å². The van der Waals surface area contributed by atoms with E-state index in [1.54, 1.807) is 6.20 Å². The highest BCUT2D eigenvalue weighted by molar-refractivity contribution is 5.75. The first kappa shape index (κ1) is 14.0. The number of rotatable bonds is 3. The van der Waals surface area contributed by atoms with E-state index in [1.807, 2.05) is 12.4 Å². The topological polar surface area (TPSA) is 55.6 Å². The number of hydrogen-bond donors (Lipinski definition) is 1. The van der Waals surface area contributed by atoms with E-state index in [0.29, 0.717) is 22.8 Å². The molecule has 0 amide bonds. The SMILES string of the molecule is Fc1cc2ncc(NC[C@H]3CCc4nccn4C3)nc2cc1F. The van der Waals surface area contributed by atoms with Gasteiger partial charge in [0.25, 0.3) is 0 Å². The Morgan fingerprint density at radius 1 is 1.17 bits per heavy atom. The summed E-state index contributed by atoms with van der Waals surface area (Å²) in [5.74, 6) is 0.345. The van der Waals surface area contributed by atoms with E-state index in [1.165, 1.54) is 0 Å². The van der Waals surface area contributed by atoms with Crippen molar-refractivity contribution in [3.63, 3.8) is 0 Å². The van der Waals surface area contributed by atoms with Crippen LogP contribution in [-0.4, -0.2) is 26.1 Å². The van der Waals surface area contributed by atoms with E-state index in [2.05, 4.69) is 24.8 Å². The second-order valence-electron chi connectivity index (χ2n) is 5.79. The molecule has 118 valence electrons. The number of nitrogens with one attached hydrogen (secondary N) is 1. The van der Waals surface area contributed by atoms with E-state index in [9.17, 15) is 8.78 Å². The Morgan fingerprint density at radius 3 is 2.87 bits per heavy atom. The lowest BCUT2D eigenvalue weighted by Crippen LogP contribution is -2.26. The van der Waals surface area contributed by atoms with Crippen molar-refractivity contribution in [1.29, 1.82) is 0 Å². The van der Waals surface area contributed by atoms with Gasteiger partial charge < -0.3 is 9.88 Å². The zero-order valence-corrected chi connectivity index (χ0v) is 12.3. The first-order valence-corrected chi connectivity index (χ1v) is 7.55. The van der Waals surface area contributed by atoms with Crippen LogP contribution < -0.4 is 5.32 Å². The van der Waals surface area contributed by atoms with Crippen molar-refractivity contribution in [2.75, 3.05) is 11.9 Å². The molecule has 5 nitrogen and oxygen atoms in total. The fourth-order valence-corrected chi connectivity index (χ4v) is 2.95. The molecule has 0 bridgehead atoms. The minimum absolute atomic E-state index is 0.342. The van der Waals surface area contributed by atoms with Gasteiger partial charge in [-0.3, -0.25) is 4.98 Å². The number of benzene rings is 1. The fourth-order valence-electron chi connectivity index (χ4n) is 2.95. The van der Waals surface area contributed by atoms with Crippen LogP contribution in [0.2, 0.25) is 0 Å². The highest BCUT2D eigenvalue weighted by atomic mass is 19.2. The largest absolute Gasteiger partial charge is 0.368 e. The van der Waals surface area contributed by atoms with Gasteiger partial charge >= 0.3 is 0 Å². The molecule has 0 saturated heterocycles. The fraction of sp³-hybridized carbons (Fsp3) is 0.312. The molecule has 2 aromatic heterocycles. The van der Waals surface area contributed by atoms with E-state index < -0.39 is 11.6 Å². The van der Waals surface area contributed by atoms with Crippen LogP contribution in [0.3, 0.4) is 0 Å². The number of halogens is 2. The predicted molar refractivity (Wildman–Crippen MR) is 82.0 cm³/mol. The summed E-state index contributed by atoms with van der Waals surface area (Å²) in [4.78, 5) is 12.7. The molecule has 7 heteroatoms. The summed E-state index contributed by atoms with van der Waals surface area (Å²) < 4.78 is 28.6. The second kappa shape index (κ2) is 5.57. The molecule has 1 aliphatic rings. The van der Waals surface area contributed by atoms with Crippen LogP contribution in [0.15, 0.2) is 30.7 Å². The maximum atomic E-state index is 13.3. The van der Waals surface area contributed by atoms with Gasteiger partial charge in [0.1, 0.15) is 11.6 Å². The highest BCUT2D eigenvalue weighted by Crippen LogP contribution is 2.20. The molecule has 0 fully saturated rings. The summed E-state index contributed by atoms with van der Waals surface area (Å²) in [7, 11) is 0. The first-order valence-electron chi connectivity index (χ1n) is 7.55. The molecular formula is C16H15F2N5. The molecule has 1 N–H and O–H groups in total. The van der Waals surface area contributed by atoms with Crippen LogP contribution in [-0.2, 0) is 13.0 Å².